The lowest BCUT2D eigenvalue weighted by molar-refractivity contribution is 0.0796. The lowest BCUT2D eigenvalue weighted by Gasteiger charge is -2.19. The number of carbonyl (C=O) groups is 1. The SMILES string of the molecule is O=C(NN1CCN(Cc2ccccc2)C1)c1ccc(B2C=CC=CN2)cc1. The topological polar surface area (TPSA) is 47.6 Å². The Balaban J connectivity index is 1.30. The van der Waals surface area contributed by atoms with E-state index in [0.29, 0.717) is 5.56 Å². The molecule has 6 heteroatoms. The number of benzene rings is 2. The van der Waals surface area contributed by atoms with Crippen molar-refractivity contribution in [3.8, 4) is 0 Å². The van der Waals surface area contributed by atoms with E-state index in [-0.39, 0.29) is 12.8 Å². The lowest BCUT2D eigenvalue weighted by Crippen LogP contribution is -2.43. The highest BCUT2D eigenvalue weighted by Gasteiger charge is 2.22. The molecular weight excluding hydrogens is 335 g/mol. The van der Waals surface area contributed by atoms with E-state index in [1.165, 1.54) is 5.56 Å². The van der Waals surface area contributed by atoms with Crippen LogP contribution in [-0.2, 0) is 6.54 Å². The van der Waals surface area contributed by atoms with Gasteiger partial charge in [0.25, 0.3) is 5.91 Å². The van der Waals surface area contributed by atoms with Crippen LogP contribution in [0.5, 0.6) is 0 Å². The van der Waals surface area contributed by atoms with Gasteiger partial charge in [0.1, 0.15) is 0 Å². The second-order valence-electron chi connectivity index (χ2n) is 6.89. The van der Waals surface area contributed by atoms with Gasteiger partial charge in [-0.1, -0.05) is 60.0 Å². The molecule has 2 aromatic carbocycles. The molecule has 0 atom stereocenters. The van der Waals surface area contributed by atoms with Crippen molar-refractivity contribution in [2.75, 3.05) is 19.8 Å². The largest absolute Gasteiger partial charge is 0.427 e. The van der Waals surface area contributed by atoms with E-state index < -0.39 is 0 Å². The van der Waals surface area contributed by atoms with Gasteiger partial charge in [0, 0.05) is 25.2 Å². The van der Waals surface area contributed by atoms with Crippen LogP contribution in [0, 0.1) is 0 Å². The van der Waals surface area contributed by atoms with Gasteiger partial charge in [0.05, 0.1) is 6.67 Å². The van der Waals surface area contributed by atoms with Crippen molar-refractivity contribution in [3.63, 3.8) is 0 Å². The molecule has 1 fully saturated rings. The van der Waals surface area contributed by atoms with Gasteiger partial charge in [0.15, 0.2) is 0 Å². The predicted octanol–water partition coefficient (Wildman–Crippen LogP) is 1.52. The second kappa shape index (κ2) is 8.25. The van der Waals surface area contributed by atoms with E-state index in [1.54, 1.807) is 0 Å². The molecule has 27 heavy (non-hydrogen) atoms. The van der Waals surface area contributed by atoms with Crippen LogP contribution in [0.15, 0.2) is 78.9 Å². The Kier molecular flexibility index (Phi) is 5.37. The molecule has 0 unspecified atom stereocenters. The number of hydrazine groups is 1. The number of carbonyl (C=O) groups excluding carboxylic acids is 1. The molecular formula is C21H23BN4O. The summed E-state index contributed by atoms with van der Waals surface area (Å²) in [6.45, 7) is 3.58. The van der Waals surface area contributed by atoms with Gasteiger partial charge in [-0.2, -0.15) is 0 Å². The summed E-state index contributed by atoms with van der Waals surface area (Å²) in [6.07, 6.45) is 5.92. The first kappa shape index (κ1) is 17.6. The second-order valence-corrected chi connectivity index (χ2v) is 6.89. The zero-order valence-electron chi connectivity index (χ0n) is 15.2. The Morgan fingerprint density at radius 2 is 1.85 bits per heavy atom. The molecule has 0 spiro atoms. The molecule has 0 aliphatic carbocycles. The summed E-state index contributed by atoms with van der Waals surface area (Å²) in [5.74, 6) is 2.04. The summed E-state index contributed by atoms with van der Waals surface area (Å²) in [5, 5.41) is 5.27. The van der Waals surface area contributed by atoms with Crippen molar-refractivity contribution in [2.45, 2.75) is 6.54 Å². The van der Waals surface area contributed by atoms with Gasteiger partial charge in [-0.05, 0) is 30.0 Å². The lowest BCUT2D eigenvalue weighted by atomic mass is 9.55. The fourth-order valence-electron chi connectivity index (χ4n) is 3.41. The van der Waals surface area contributed by atoms with E-state index in [9.17, 15) is 4.79 Å². The van der Waals surface area contributed by atoms with Gasteiger partial charge in [-0.25, -0.2) is 5.01 Å². The zero-order chi connectivity index (χ0) is 18.5. The summed E-state index contributed by atoms with van der Waals surface area (Å²) < 4.78 is 0. The van der Waals surface area contributed by atoms with Crippen LogP contribution in [0.4, 0.5) is 0 Å². The minimum absolute atomic E-state index is 0.0600. The van der Waals surface area contributed by atoms with Crippen LogP contribution in [0.1, 0.15) is 15.9 Å². The first-order chi connectivity index (χ1) is 13.3. The quantitative estimate of drug-likeness (QED) is 0.796. The molecule has 2 heterocycles. The third-order valence-electron chi connectivity index (χ3n) is 4.88. The molecule has 5 nitrogen and oxygen atoms in total. The van der Waals surface area contributed by atoms with E-state index in [4.69, 9.17) is 0 Å². The standard InChI is InChI=1S/C21H23BN4O/c27-21(19-8-10-20(11-9-19)22-12-4-5-13-23-22)24-26-15-14-25(17-26)16-18-6-2-1-3-7-18/h1-13,23H,14-17H2,(H,24,27). The number of hydrogen-bond donors (Lipinski definition) is 2. The molecule has 136 valence electrons. The maximum atomic E-state index is 12.5. The fraction of sp³-hybridized carbons (Fsp3) is 0.190. The van der Waals surface area contributed by atoms with Gasteiger partial charge in [0.2, 0.25) is 0 Å². The van der Waals surface area contributed by atoms with Crippen LogP contribution in [0.25, 0.3) is 0 Å². The number of nitrogens with one attached hydrogen (secondary N) is 2. The zero-order valence-corrected chi connectivity index (χ0v) is 15.2. The molecule has 0 saturated carbocycles. The fourth-order valence-corrected chi connectivity index (χ4v) is 3.41. The molecule has 0 bridgehead atoms. The number of rotatable bonds is 5. The Labute approximate surface area is 160 Å². The summed E-state index contributed by atoms with van der Waals surface area (Å²) in [6, 6.07) is 18.2. The molecule has 0 radical (unpaired) electrons. The minimum Gasteiger partial charge on any atom is -0.427 e. The van der Waals surface area contributed by atoms with Gasteiger partial charge in [-0.3, -0.25) is 15.1 Å². The van der Waals surface area contributed by atoms with E-state index in [1.807, 2.05) is 53.7 Å². The summed E-state index contributed by atoms with van der Waals surface area (Å²) >= 11 is 0. The van der Waals surface area contributed by atoms with Crippen molar-refractivity contribution in [2.24, 2.45) is 0 Å². The molecule has 4 rings (SSSR count). The normalized spacial score (nSPS) is 17.1. The maximum Gasteiger partial charge on any atom is 0.312 e. The molecule has 0 aromatic heterocycles. The highest BCUT2D eigenvalue weighted by atomic mass is 16.2. The van der Waals surface area contributed by atoms with Crippen molar-refractivity contribution < 1.29 is 4.79 Å². The molecule has 2 N–H and O–H groups in total. The van der Waals surface area contributed by atoms with E-state index >= 15 is 0 Å². The third kappa shape index (κ3) is 4.48. The summed E-state index contributed by atoms with van der Waals surface area (Å²) in [7, 11) is 0. The maximum absolute atomic E-state index is 12.5. The van der Waals surface area contributed by atoms with E-state index in [0.717, 1.165) is 31.8 Å². The molecule has 1 amide bonds. The van der Waals surface area contributed by atoms with Crippen molar-refractivity contribution in [1.82, 2.24) is 20.6 Å². The average Bonchev–Trinajstić information content (AvgIpc) is 3.16. The van der Waals surface area contributed by atoms with Crippen LogP contribution >= 0.6 is 0 Å². The van der Waals surface area contributed by atoms with Crippen LogP contribution in [0.2, 0.25) is 0 Å². The summed E-state index contributed by atoms with van der Waals surface area (Å²) in [5.41, 5.74) is 6.13. The van der Waals surface area contributed by atoms with Gasteiger partial charge in [-0.15, -0.1) is 0 Å². The van der Waals surface area contributed by atoms with Crippen LogP contribution in [0.3, 0.4) is 0 Å². The van der Waals surface area contributed by atoms with Gasteiger partial charge < -0.3 is 5.23 Å². The third-order valence-corrected chi connectivity index (χ3v) is 4.88. The Hall–Kier alpha value is -2.83. The first-order valence-corrected chi connectivity index (χ1v) is 9.29. The van der Waals surface area contributed by atoms with Crippen molar-refractivity contribution in [1.29, 1.82) is 0 Å². The van der Waals surface area contributed by atoms with Crippen molar-refractivity contribution in [3.05, 3.63) is 90.1 Å². The number of amides is 1. The number of nitrogens with zero attached hydrogens (tertiary/aromatic N) is 2. The van der Waals surface area contributed by atoms with E-state index in [2.05, 4.69) is 45.8 Å². The summed E-state index contributed by atoms with van der Waals surface area (Å²) in [4.78, 5) is 14.9. The van der Waals surface area contributed by atoms with Crippen LogP contribution in [-0.4, -0.2) is 42.4 Å². The predicted molar refractivity (Wildman–Crippen MR) is 109 cm³/mol. The smallest absolute Gasteiger partial charge is 0.312 e. The van der Waals surface area contributed by atoms with Crippen LogP contribution < -0.4 is 16.1 Å². The highest BCUT2D eigenvalue weighted by molar-refractivity contribution is 6.76. The Morgan fingerprint density at radius 1 is 1.04 bits per heavy atom. The monoisotopic (exact) mass is 358 g/mol. The Bertz CT molecular complexity index is 835. The average molecular weight is 358 g/mol. The number of hydrogen-bond acceptors (Lipinski definition) is 4. The molecule has 2 aromatic rings. The molecule has 1 saturated heterocycles. The molecule has 2 aliphatic heterocycles. The highest BCUT2D eigenvalue weighted by Crippen LogP contribution is 2.10. The minimum atomic E-state index is -0.0600. The number of allylic oxidation sites excluding steroid dienone is 2. The Morgan fingerprint density at radius 3 is 2.59 bits per heavy atom. The molecule has 2 aliphatic rings. The van der Waals surface area contributed by atoms with Gasteiger partial charge >= 0.3 is 6.85 Å². The first-order valence-electron chi connectivity index (χ1n) is 9.29. The van der Waals surface area contributed by atoms with Crippen molar-refractivity contribution >= 4 is 18.2 Å².